The second-order valence-electron chi connectivity index (χ2n) is 3.70. The molecular formula is C11H18N2O3. The number of H-pyrrole nitrogens is 2. The molecule has 90 valence electrons. The molecule has 0 bridgehead atoms. The fourth-order valence-electron chi connectivity index (χ4n) is 1.35. The van der Waals surface area contributed by atoms with Crippen molar-refractivity contribution in [3.63, 3.8) is 0 Å². The Morgan fingerprint density at radius 2 is 2.25 bits per heavy atom. The monoisotopic (exact) mass is 226 g/mol. The van der Waals surface area contributed by atoms with Gasteiger partial charge in [0.05, 0.1) is 13.0 Å². The average Bonchev–Trinajstić information content (AvgIpc) is 2.68. The van der Waals surface area contributed by atoms with E-state index in [1.165, 1.54) is 0 Å². The maximum absolute atomic E-state index is 11.3. The second-order valence-corrected chi connectivity index (χ2v) is 3.70. The third-order valence-corrected chi connectivity index (χ3v) is 2.26. The number of hydrogen-bond donors (Lipinski definition) is 2. The number of hydrogen-bond acceptors (Lipinski definition) is 3. The van der Waals surface area contributed by atoms with Gasteiger partial charge < -0.3 is 14.7 Å². The Balaban J connectivity index is 2.13. The van der Waals surface area contributed by atoms with Gasteiger partial charge in [0.25, 0.3) is 0 Å². The zero-order valence-corrected chi connectivity index (χ0v) is 9.54. The number of carbonyl (C=O) groups excluding carboxylic acids is 1. The summed E-state index contributed by atoms with van der Waals surface area (Å²) in [4.78, 5) is 27.1. The number of imidazole rings is 1. The lowest BCUT2D eigenvalue weighted by molar-refractivity contribution is -0.143. The highest BCUT2D eigenvalue weighted by atomic mass is 16.5. The number of esters is 1. The van der Waals surface area contributed by atoms with Crippen molar-refractivity contribution < 1.29 is 9.53 Å². The van der Waals surface area contributed by atoms with Crippen molar-refractivity contribution in [2.75, 3.05) is 6.61 Å². The fraction of sp³-hybridized carbons (Fsp3) is 0.636. The number of unbranched alkanes of at least 4 members (excludes halogenated alkanes) is 2. The lowest BCUT2D eigenvalue weighted by Crippen LogP contribution is -2.08. The molecule has 1 aromatic rings. The van der Waals surface area contributed by atoms with Crippen molar-refractivity contribution in [3.05, 3.63) is 22.4 Å². The number of aryl methyl sites for hydroxylation is 1. The van der Waals surface area contributed by atoms with Crippen molar-refractivity contribution in [1.29, 1.82) is 0 Å². The lowest BCUT2D eigenvalue weighted by atomic mass is 10.2. The molecule has 2 N–H and O–H groups in total. The van der Waals surface area contributed by atoms with E-state index < -0.39 is 0 Å². The molecule has 5 nitrogen and oxygen atoms in total. The van der Waals surface area contributed by atoms with E-state index in [1.54, 1.807) is 6.20 Å². The fourth-order valence-corrected chi connectivity index (χ4v) is 1.35. The highest BCUT2D eigenvalue weighted by Crippen LogP contribution is 1.99. The summed E-state index contributed by atoms with van der Waals surface area (Å²) in [5.74, 6) is -0.210. The molecule has 0 aliphatic rings. The van der Waals surface area contributed by atoms with Crippen LogP contribution in [0.1, 0.15) is 38.3 Å². The second kappa shape index (κ2) is 6.87. The van der Waals surface area contributed by atoms with Crippen LogP contribution in [-0.2, 0) is 16.0 Å². The van der Waals surface area contributed by atoms with Gasteiger partial charge in [-0.05, 0) is 12.8 Å². The SMILES string of the molecule is CCCCCOC(=O)CCc1c[nH]c(=O)[nH]1. The van der Waals surface area contributed by atoms with Crippen LogP contribution in [0.5, 0.6) is 0 Å². The Morgan fingerprint density at radius 3 is 2.88 bits per heavy atom. The molecule has 1 rings (SSSR count). The molecule has 0 aliphatic heterocycles. The zero-order valence-electron chi connectivity index (χ0n) is 9.54. The summed E-state index contributed by atoms with van der Waals surface area (Å²) >= 11 is 0. The molecule has 0 saturated heterocycles. The van der Waals surface area contributed by atoms with Gasteiger partial charge in [0.1, 0.15) is 0 Å². The first kappa shape index (κ1) is 12.5. The highest BCUT2D eigenvalue weighted by molar-refractivity contribution is 5.69. The summed E-state index contributed by atoms with van der Waals surface area (Å²) in [7, 11) is 0. The normalized spacial score (nSPS) is 10.3. The van der Waals surface area contributed by atoms with E-state index in [0.29, 0.717) is 19.4 Å². The van der Waals surface area contributed by atoms with Gasteiger partial charge in [0.15, 0.2) is 0 Å². The van der Waals surface area contributed by atoms with Crippen LogP contribution < -0.4 is 5.69 Å². The summed E-state index contributed by atoms with van der Waals surface area (Å²) in [6.45, 7) is 2.60. The van der Waals surface area contributed by atoms with Crippen molar-refractivity contribution in [2.24, 2.45) is 0 Å². The van der Waals surface area contributed by atoms with Crippen LogP contribution in [0.2, 0.25) is 0 Å². The predicted molar refractivity (Wildman–Crippen MR) is 60.2 cm³/mol. The van der Waals surface area contributed by atoms with Crippen LogP contribution in [0.15, 0.2) is 11.0 Å². The lowest BCUT2D eigenvalue weighted by Gasteiger charge is -2.03. The number of rotatable bonds is 7. The molecule has 1 heterocycles. The van der Waals surface area contributed by atoms with Gasteiger partial charge in [-0.3, -0.25) is 4.79 Å². The third kappa shape index (κ3) is 4.82. The summed E-state index contributed by atoms with van der Waals surface area (Å²) in [5.41, 5.74) is 0.488. The first-order valence-corrected chi connectivity index (χ1v) is 5.64. The molecule has 0 saturated carbocycles. The summed E-state index contributed by atoms with van der Waals surface area (Å²) in [6.07, 6.45) is 5.50. The largest absolute Gasteiger partial charge is 0.466 e. The predicted octanol–water partition coefficient (Wildman–Crippen LogP) is 1.37. The van der Waals surface area contributed by atoms with Crippen LogP contribution in [0.4, 0.5) is 0 Å². The molecule has 0 radical (unpaired) electrons. The summed E-state index contributed by atoms with van der Waals surface area (Å²) in [6, 6.07) is 0. The molecule has 0 fully saturated rings. The van der Waals surface area contributed by atoms with Crippen LogP contribution >= 0.6 is 0 Å². The van der Waals surface area contributed by atoms with Crippen molar-refractivity contribution >= 4 is 5.97 Å². The molecule has 0 aromatic carbocycles. The van der Waals surface area contributed by atoms with Gasteiger partial charge in [-0.15, -0.1) is 0 Å². The molecule has 0 unspecified atom stereocenters. The number of aromatic amines is 2. The van der Waals surface area contributed by atoms with Gasteiger partial charge in [-0.25, -0.2) is 4.79 Å². The van der Waals surface area contributed by atoms with E-state index in [-0.39, 0.29) is 11.7 Å². The standard InChI is InChI=1S/C11H18N2O3/c1-2-3-4-7-16-10(14)6-5-9-8-12-11(15)13-9/h8H,2-7H2,1H3,(H2,12,13,15). The average molecular weight is 226 g/mol. The minimum absolute atomic E-state index is 0.210. The van der Waals surface area contributed by atoms with Crippen LogP contribution in [-0.4, -0.2) is 22.5 Å². The first-order valence-electron chi connectivity index (χ1n) is 5.64. The topological polar surface area (TPSA) is 75.0 Å². The van der Waals surface area contributed by atoms with Crippen molar-refractivity contribution in [3.8, 4) is 0 Å². The van der Waals surface area contributed by atoms with E-state index in [9.17, 15) is 9.59 Å². The highest BCUT2D eigenvalue weighted by Gasteiger charge is 2.04. The Morgan fingerprint density at radius 1 is 1.44 bits per heavy atom. The maximum atomic E-state index is 11.3. The molecule has 0 amide bonds. The molecule has 1 aromatic heterocycles. The van der Waals surface area contributed by atoms with Gasteiger partial charge >= 0.3 is 11.7 Å². The number of aromatic nitrogens is 2. The minimum Gasteiger partial charge on any atom is -0.466 e. The Bertz CT molecular complexity index is 367. The quantitative estimate of drug-likeness (QED) is 0.544. The van der Waals surface area contributed by atoms with Crippen molar-refractivity contribution in [1.82, 2.24) is 9.97 Å². The molecule has 16 heavy (non-hydrogen) atoms. The maximum Gasteiger partial charge on any atom is 0.323 e. The number of carbonyl (C=O) groups is 1. The van der Waals surface area contributed by atoms with Crippen LogP contribution in [0.25, 0.3) is 0 Å². The van der Waals surface area contributed by atoms with E-state index in [1.807, 2.05) is 0 Å². The number of ether oxygens (including phenoxy) is 1. The van der Waals surface area contributed by atoms with Gasteiger partial charge in [-0.1, -0.05) is 19.8 Å². The van der Waals surface area contributed by atoms with E-state index >= 15 is 0 Å². The summed E-state index contributed by atoms with van der Waals surface area (Å²) in [5, 5.41) is 0. The smallest absolute Gasteiger partial charge is 0.323 e. The molecule has 0 atom stereocenters. The van der Waals surface area contributed by atoms with Gasteiger partial charge in [-0.2, -0.15) is 0 Å². The zero-order chi connectivity index (χ0) is 11.8. The van der Waals surface area contributed by atoms with Crippen molar-refractivity contribution in [2.45, 2.75) is 39.0 Å². The van der Waals surface area contributed by atoms with Gasteiger partial charge in [0, 0.05) is 11.9 Å². The molecular weight excluding hydrogens is 208 g/mol. The van der Waals surface area contributed by atoms with E-state index in [4.69, 9.17) is 4.74 Å². The Kier molecular flexibility index (Phi) is 5.39. The van der Waals surface area contributed by atoms with Gasteiger partial charge in [0.2, 0.25) is 0 Å². The van der Waals surface area contributed by atoms with Crippen LogP contribution in [0, 0.1) is 0 Å². The molecule has 0 aliphatic carbocycles. The van der Waals surface area contributed by atoms with E-state index in [2.05, 4.69) is 16.9 Å². The molecule has 5 heteroatoms. The third-order valence-electron chi connectivity index (χ3n) is 2.26. The number of nitrogens with one attached hydrogen (secondary N) is 2. The summed E-state index contributed by atoms with van der Waals surface area (Å²) < 4.78 is 5.03. The molecule has 0 spiro atoms. The Hall–Kier alpha value is -1.52. The van der Waals surface area contributed by atoms with E-state index in [0.717, 1.165) is 25.0 Å². The Labute approximate surface area is 94.2 Å². The minimum atomic E-state index is -0.244. The first-order chi connectivity index (χ1) is 7.72. The van der Waals surface area contributed by atoms with Crippen LogP contribution in [0.3, 0.4) is 0 Å².